The number of hydrogen-bond donors (Lipinski definition) is 2. The highest BCUT2D eigenvalue weighted by molar-refractivity contribution is 6.32. The molecule has 24 heavy (non-hydrogen) atoms. The van der Waals surface area contributed by atoms with Crippen molar-refractivity contribution in [2.75, 3.05) is 13.2 Å². The Balaban J connectivity index is 3.08. The first-order valence-electron chi connectivity index (χ1n) is 7.88. The van der Waals surface area contributed by atoms with Gasteiger partial charge in [-0.05, 0) is 39.3 Å². The van der Waals surface area contributed by atoms with E-state index >= 15 is 0 Å². The number of aliphatic carboxylic acids is 1. The summed E-state index contributed by atoms with van der Waals surface area (Å²) in [6.07, 6.45) is 1.85. The van der Waals surface area contributed by atoms with Gasteiger partial charge in [0.15, 0.2) is 11.5 Å². The number of unbranched alkanes of at least 4 members (excludes halogenated alkanes) is 1. The molecular weight excluding hydrogens is 334 g/mol. The van der Waals surface area contributed by atoms with Crippen LogP contribution in [0, 0.1) is 0 Å². The molecular formula is C17H24ClNO5. The largest absolute Gasteiger partial charge is 0.490 e. The molecule has 0 saturated heterocycles. The molecule has 0 aliphatic rings. The highest BCUT2D eigenvalue weighted by atomic mass is 35.5. The summed E-state index contributed by atoms with van der Waals surface area (Å²) in [5.74, 6) is -0.933. The molecule has 0 saturated carbocycles. The van der Waals surface area contributed by atoms with Crippen molar-refractivity contribution in [1.82, 2.24) is 5.32 Å². The summed E-state index contributed by atoms with van der Waals surface area (Å²) in [6, 6.07) is 2.95. The highest BCUT2D eigenvalue weighted by Gasteiger charge is 2.30. The topological polar surface area (TPSA) is 84.9 Å². The second-order valence-electron chi connectivity index (χ2n) is 5.80. The van der Waals surface area contributed by atoms with Crippen molar-refractivity contribution in [3.05, 3.63) is 22.7 Å². The fourth-order valence-corrected chi connectivity index (χ4v) is 2.10. The highest BCUT2D eigenvalue weighted by Crippen LogP contribution is 2.37. The Labute approximate surface area is 147 Å². The van der Waals surface area contributed by atoms with Crippen LogP contribution in [0.25, 0.3) is 0 Å². The first-order chi connectivity index (χ1) is 11.2. The minimum atomic E-state index is -1.40. The van der Waals surface area contributed by atoms with Crippen molar-refractivity contribution >= 4 is 23.5 Å². The van der Waals surface area contributed by atoms with E-state index in [1.165, 1.54) is 26.0 Å². The van der Waals surface area contributed by atoms with Gasteiger partial charge in [0.25, 0.3) is 5.91 Å². The van der Waals surface area contributed by atoms with E-state index in [4.69, 9.17) is 26.2 Å². The average Bonchev–Trinajstić information content (AvgIpc) is 2.49. The van der Waals surface area contributed by atoms with Crippen molar-refractivity contribution in [2.45, 2.75) is 46.1 Å². The Morgan fingerprint density at radius 3 is 2.46 bits per heavy atom. The standard InChI is InChI=1S/C17H24ClNO5/c1-5-7-8-24-14-12(18)9-11(10-13(14)23-6-2)15(20)19-17(3,4)16(21)22/h9-10H,5-8H2,1-4H3,(H,19,20)(H,21,22). The first-order valence-corrected chi connectivity index (χ1v) is 8.25. The molecule has 0 bridgehead atoms. The number of carbonyl (C=O) groups excluding carboxylic acids is 1. The molecule has 0 aliphatic carbocycles. The molecule has 0 atom stereocenters. The molecule has 0 aromatic heterocycles. The number of ether oxygens (including phenoxy) is 2. The third kappa shape index (κ3) is 5.30. The van der Waals surface area contributed by atoms with Crippen molar-refractivity contribution in [1.29, 1.82) is 0 Å². The van der Waals surface area contributed by atoms with Crippen LogP contribution in [0.5, 0.6) is 11.5 Å². The zero-order valence-corrected chi connectivity index (χ0v) is 15.2. The van der Waals surface area contributed by atoms with Crippen LogP contribution in [0.3, 0.4) is 0 Å². The lowest BCUT2D eigenvalue weighted by molar-refractivity contribution is -0.143. The van der Waals surface area contributed by atoms with E-state index < -0.39 is 17.4 Å². The third-order valence-electron chi connectivity index (χ3n) is 3.28. The van der Waals surface area contributed by atoms with Crippen LogP contribution in [-0.2, 0) is 4.79 Å². The fourth-order valence-electron chi connectivity index (χ4n) is 1.83. The number of carboxylic acid groups (broad SMARTS) is 1. The Morgan fingerprint density at radius 2 is 1.92 bits per heavy atom. The fraction of sp³-hybridized carbons (Fsp3) is 0.529. The van der Waals surface area contributed by atoms with Crippen LogP contribution < -0.4 is 14.8 Å². The van der Waals surface area contributed by atoms with Gasteiger partial charge in [0.05, 0.1) is 18.2 Å². The Kier molecular flexibility index (Phi) is 7.35. The number of benzene rings is 1. The van der Waals surface area contributed by atoms with E-state index in [0.29, 0.717) is 24.7 Å². The Bertz CT molecular complexity index is 601. The lowest BCUT2D eigenvalue weighted by Crippen LogP contribution is -2.49. The van der Waals surface area contributed by atoms with E-state index in [0.717, 1.165) is 12.8 Å². The number of carbonyl (C=O) groups is 2. The second-order valence-corrected chi connectivity index (χ2v) is 6.21. The van der Waals surface area contributed by atoms with E-state index in [9.17, 15) is 9.59 Å². The summed E-state index contributed by atoms with van der Waals surface area (Å²) in [6.45, 7) is 7.54. The number of halogens is 1. The quantitative estimate of drug-likeness (QED) is 0.660. The van der Waals surface area contributed by atoms with Gasteiger partial charge >= 0.3 is 5.97 Å². The molecule has 0 spiro atoms. The zero-order valence-electron chi connectivity index (χ0n) is 14.4. The molecule has 0 fully saturated rings. The van der Waals surface area contributed by atoms with Crippen LogP contribution in [0.4, 0.5) is 0 Å². The second kappa shape index (κ2) is 8.78. The summed E-state index contributed by atoms with van der Waals surface area (Å²) in [5.41, 5.74) is -1.19. The van der Waals surface area contributed by atoms with E-state index in [1.54, 1.807) is 0 Å². The molecule has 0 unspecified atom stereocenters. The minimum absolute atomic E-state index is 0.209. The number of carboxylic acids is 1. The molecule has 0 aliphatic heterocycles. The summed E-state index contributed by atoms with van der Waals surface area (Å²) < 4.78 is 11.2. The van der Waals surface area contributed by atoms with Gasteiger partial charge in [0, 0.05) is 5.56 Å². The van der Waals surface area contributed by atoms with Crippen LogP contribution >= 0.6 is 11.6 Å². The van der Waals surface area contributed by atoms with Gasteiger partial charge in [-0.2, -0.15) is 0 Å². The Morgan fingerprint density at radius 1 is 1.25 bits per heavy atom. The molecule has 0 radical (unpaired) electrons. The molecule has 134 valence electrons. The molecule has 1 rings (SSSR count). The van der Waals surface area contributed by atoms with Gasteiger partial charge in [-0.1, -0.05) is 24.9 Å². The van der Waals surface area contributed by atoms with E-state index in [2.05, 4.69) is 5.32 Å². The van der Waals surface area contributed by atoms with Crippen LogP contribution in [0.15, 0.2) is 12.1 Å². The molecule has 7 heteroatoms. The Hall–Kier alpha value is -1.95. The van der Waals surface area contributed by atoms with Gasteiger partial charge < -0.3 is 19.9 Å². The molecule has 1 amide bonds. The summed E-state index contributed by atoms with van der Waals surface area (Å²) in [7, 11) is 0. The summed E-state index contributed by atoms with van der Waals surface area (Å²) in [5, 5.41) is 11.8. The number of rotatable bonds is 9. The molecule has 6 nitrogen and oxygen atoms in total. The third-order valence-corrected chi connectivity index (χ3v) is 3.56. The lowest BCUT2D eigenvalue weighted by atomic mass is 10.0. The van der Waals surface area contributed by atoms with Crippen molar-refractivity contribution < 1.29 is 24.2 Å². The minimum Gasteiger partial charge on any atom is -0.490 e. The van der Waals surface area contributed by atoms with E-state index in [1.807, 2.05) is 13.8 Å². The lowest BCUT2D eigenvalue weighted by Gasteiger charge is -2.21. The van der Waals surface area contributed by atoms with E-state index in [-0.39, 0.29) is 10.6 Å². The molecule has 1 aromatic carbocycles. The zero-order chi connectivity index (χ0) is 18.3. The number of nitrogens with one attached hydrogen (secondary N) is 1. The van der Waals surface area contributed by atoms with Crippen molar-refractivity contribution in [2.24, 2.45) is 0 Å². The molecule has 0 heterocycles. The van der Waals surface area contributed by atoms with Crippen molar-refractivity contribution in [3.8, 4) is 11.5 Å². The maximum absolute atomic E-state index is 12.3. The summed E-state index contributed by atoms with van der Waals surface area (Å²) in [4.78, 5) is 23.5. The van der Waals surface area contributed by atoms with Crippen LogP contribution in [0.2, 0.25) is 5.02 Å². The maximum atomic E-state index is 12.3. The van der Waals surface area contributed by atoms with Gasteiger partial charge in [-0.3, -0.25) is 4.79 Å². The predicted molar refractivity (Wildman–Crippen MR) is 92.2 cm³/mol. The van der Waals surface area contributed by atoms with Gasteiger partial charge in [0.1, 0.15) is 5.54 Å². The van der Waals surface area contributed by atoms with Gasteiger partial charge in [-0.15, -0.1) is 0 Å². The smallest absolute Gasteiger partial charge is 0.328 e. The first kappa shape index (κ1) is 20.1. The number of amides is 1. The summed E-state index contributed by atoms with van der Waals surface area (Å²) >= 11 is 6.23. The maximum Gasteiger partial charge on any atom is 0.328 e. The van der Waals surface area contributed by atoms with Crippen molar-refractivity contribution in [3.63, 3.8) is 0 Å². The van der Waals surface area contributed by atoms with Gasteiger partial charge in [-0.25, -0.2) is 4.79 Å². The average molecular weight is 358 g/mol. The molecule has 1 aromatic rings. The number of hydrogen-bond acceptors (Lipinski definition) is 4. The monoisotopic (exact) mass is 357 g/mol. The molecule has 2 N–H and O–H groups in total. The van der Waals surface area contributed by atoms with Crippen LogP contribution in [-0.4, -0.2) is 35.7 Å². The van der Waals surface area contributed by atoms with Gasteiger partial charge in [0.2, 0.25) is 0 Å². The van der Waals surface area contributed by atoms with Crippen LogP contribution in [0.1, 0.15) is 50.9 Å². The normalized spacial score (nSPS) is 11.0. The SMILES string of the molecule is CCCCOc1c(Cl)cc(C(=O)NC(C)(C)C(=O)O)cc1OCC. The predicted octanol–water partition coefficient (Wildman–Crippen LogP) is 3.51.